The summed E-state index contributed by atoms with van der Waals surface area (Å²) in [5, 5.41) is 2.80. The standard InChI is InChI=1S/C19H25N3O/c1-4-15(2)22(14-18-6-5-11-20-12-18)13-17-7-9-19(10-8-17)21-16(3)23/h5-12,15H,4,13-14H2,1-3H3,(H,21,23)/t15-/m0/s1. The van der Waals surface area contributed by atoms with Gasteiger partial charge in [-0.25, -0.2) is 0 Å². The van der Waals surface area contributed by atoms with Crippen molar-refractivity contribution < 1.29 is 4.79 Å². The fraction of sp³-hybridized carbons (Fsp3) is 0.368. The molecule has 0 spiro atoms. The van der Waals surface area contributed by atoms with Gasteiger partial charge in [0.25, 0.3) is 0 Å². The predicted octanol–water partition coefficient (Wildman–Crippen LogP) is 3.84. The number of amides is 1. The molecule has 1 heterocycles. The van der Waals surface area contributed by atoms with Crippen LogP contribution in [0, 0.1) is 0 Å². The van der Waals surface area contributed by atoms with Crippen LogP contribution in [-0.2, 0) is 17.9 Å². The number of hydrogen-bond acceptors (Lipinski definition) is 3. The minimum atomic E-state index is -0.0458. The zero-order valence-corrected chi connectivity index (χ0v) is 14.1. The molecule has 0 fully saturated rings. The smallest absolute Gasteiger partial charge is 0.221 e. The van der Waals surface area contributed by atoms with Crippen LogP contribution in [-0.4, -0.2) is 21.8 Å². The van der Waals surface area contributed by atoms with Gasteiger partial charge in [0.1, 0.15) is 0 Å². The first-order chi connectivity index (χ1) is 11.1. The van der Waals surface area contributed by atoms with E-state index in [2.05, 4.69) is 47.2 Å². The average molecular weight is 311 g/mol. The Morgan fingerprint density at radius 2 is 1.87 bits per heavy atom. The van der Waals surface area contributed by atoms with E-state index in [1.165, 1.54) is 18.1 Å². The van der Waals surface area contributed by atoms with Gasteiger partial charge in [0.15, 0.2) is 0 Å². The summed E-state index contributed by atoms with van der Waals surface area (Å²) in [4.78, 5) is 17.7. The van der Waals surface area contributed by atoms with Gasteiger partial charge in [0.05, 0.1) is 0 Å². The van der Waals surface area contributed by atoms with Crippen LogP contribution in [0.15, 0.2) is 48.8 Å². The lowest BCUT2D eigenvalue weighted by Crippen LogP contribution is -2.31. The predicted molar refractivity (Wildman–Crippen MR) is 94.0 cm³/mol. The number of benzene rings is 1. The highest BCUT2D eigenvalue weighted by Crippen LogP contribution is 2.16. The van der Waals surface area contributed by atoms with Crippen molar-refractivity contribution in [2.24, 2.45) is 0 Å². The van der Waals surface area contributed by atoms with Gasteiger partial charge in [-0.3, -0.25) is 14.7 Å². The van der Waals surface area contributed by atoms with E-state index in [4.69, 9.17) is 0 Å². The highest BCUT2D eigenvalue weighted by Gasteiger charge is 2.13. The summed E-state index contributed by atoms with van der Waals surface area (Å²) in [6.45, 7) is 7.75. The number of rotatable bonds is 7. The van der Waals surface area contributed by atoms with Crippen LogP contribution in [0.25, 0.3) is 0 Å². The van der Waals surface area contributed by atoms with Crippen LogP contribution in [0.1, 0.15) is 38.3 Å². The maximum Gasteiger partial charge on any atom is 0.221 e. The van der Waals surface area contributed by atoms with E-state index in [1.807, 2.05) is 24.4 Å². The van der Waals surface area contributed by atoms with Gasteiger partial charge in [-0.2, -0.15) is 0 Å². The lowest BCUT2D eigenvalue weighted by molar-refractivity contribution is -0.114. The lowest BCUT2D eigenvalue weighted by atomic mass is 10.1. The molecule has 122 valence electrons. The molecule has 2 aromatic rings. The quantitative estimate of drug-likeness (QED) is 0.845. The monoisotopic (exact) mass is 311 g/mol. The second kappa shape index (κ2) is 8.44. The van der Waals surface area contributed by atoms with Crippen LogP contribution in [0.2, 0.25) is 0 Å². The van der Waals surface area contributed by atoms with E-state index in [9.17, 15) is 4.79 Å². The topological polar surface area (TPSA) is 45.2 Å². The molecule has 1 N–H and O–H groups in total. The zero-order valence-electron chi connectivity index (χ0n) is 14.1. The molecule has 1 aromatic carbocycles. The molecule has 2 rings (SSSR count). The summed E-state index contributed by atoms with van der Waals surface area (Å²) in [5.41, 5.74) is 3.30. The Morgan fingerprint density at radius 3 is 2.43 bits per heavy atom. The van der Waals surface area contributed by atoms with Gasteiger partial charge < -0.3 is 5.32 Å². The molecule has 0 unspecified atom stereocenters. The van der Waals surface area contributed by atoms with Crippen molar-refractivity contribution in [3.63, 3.8) is 0 Å². The van der Waals surface area contributed by atoms with E-state index in [-0.39, 0.29) is 5.91 Å². The molecule has 4 heteroatoms. The van der Waals surface area contributed by atoms with Crippen LogP contribution in [0.4, 0.5) is 5.69 Å². The largest absolute Gasteiger partial charge is 0.326 e. The Morgan fingerprint density at radius 1 is 1.17 bits per heavy atom. The SMILES string of the molecule is CC[C@H](C)N(Cc1ccc(NC(C)=O)cc1)Cc1cccnc1. The Hall–Kier alpha value is -2.20. The number of carbonyl (C=O) groups excluding carboxylic acids is 1. The maximum absolute atomic E-state index is 11.1. The zero-order chi connectivity index (χ0) is 16.7. The van der Waals surface area contributed by atoms with Crippen molar-refractivity contribution in [1.29, 1.82) is 0 Å². The second-order valence-electron chi connectivity index (χ2n) is 5.90. The summed E-state index contributed by atoms with van der Waals surface area (Å²) in [5.74, 6) is -0.0458. The molecule has 0 aliphatic heterocycles. The van der Waals surface area contributed by atoms with Gasteiger partial charge >= 0.3 is 0 Å². The number of aromatic nitrogens is 1. The minimum Gasteiger partial charge on any atom is -0.326 e. The number of nitrogens with one attached hydrogen (secondary N) is 1. The summed E-state index contributed by atoms with van der Waals surface area (Å²) in [6.07, 6.45) is 4.83. The first-order valence-electron chi connectivity index (χ1n) is 8.08. The molecule has 0 bridgehead atoms. The lowest BCUT2D eigenvalue weighted by Gasteiger charge is -2.28. The van der Waals surface area contributed by atoms with Crippen molar-refractivity contribution >= 4 is 11.6 Å². The Labute approximate surface area is 138 Å². The number of carbonyl (C=O) groups is 1. The van der Waals surface area contributed by atoms with Crippen LogP contribution >= 0.6 is 0 Å². The number of pyridine rings is 1. The molecule has 0 radical (unpaired) electrons. The molecule has 0 aliphatic carbocycles. The van der Waals surface area contributed by atoms with E-state index >= 15 is 0 Å². The molecule has 23 heavy (non-hydrogen) atoms. The van der Waals surface area contributed by atoms with E-state index in [0.29, 0.717) is 6.04 Å². The van der Waals surface area contributed by atoms with Crippen LogP contribution < -0.4 is 5.32 Å². The third-order valence-corrected chi connectivity index (χ3v) is 3.98. The van der Waals surface area contributed by atoms with Crippen molar-refractivity contribution in [2.75, 3.05) is 5.32 Å². The van der Waals surface area contributed by atoms with Gasteiger partial charge in [0.2, 0.25) is 5.91 Å². The molecule has 0 saturated heterocycles. The van der Waals surface area contributed by atoms with Crippen molar-refractivity contribution in [1.82, 2.24) is 9.88 Å². The minimum absolute atomic E-state index is 0.0458. The third-order valence-electron chi connectivity index (χ3n) is 3.98. The third kappa shape index (κ3) is 5.49. The van der Waals surface area contributed by atoms with Crippen molar-refractivity contribution in [3.05, 3.63) is 59.9 Å². The van der Waals surface area contributed by atoms with E-state index in [0.717, 1.165) is 25.2 Å². The molecule has 1 atom stereocenters. The number of hydrogen-bond donors (Lipinski definition) is 1. The van der Waals surface area contributed by atoms with Crippen LogP contribution in [0.5, 0.6) is 0 Å². The molecule has 1 amide bonds. The van der Waals surface area contributed by atoms with Crippen LogP contribution in [0.3, 0.4) is 0 Å². The fourth-order valence-corrected chi connectivity index (χ4v) is 2.48. The second-order valence-corrected chi connectivity index (χ2v) is 5.90. The normalized spacial score (nSPS) is 12.2. The molecule has 1 aromatic heterocycles. The van der Waals surface area contributed by atoms with E-state index < -0.39 is 0 Å². The van der Waals surface area contributed by atoms with E-state index in [1.54, 1.807) is 6.20 Å². The van der Waals surface area contributed by atoms with Gasteiger partial charge in [-0.15, -0.1) is 0 Å². The number of nitrogens with zero attached hydrogens (tertiary/aromatic N) is 2. The first kappa shape index (κ1) is 17.2. The van der Waals surface area contributed by atoms with Gasteiger partial charge in [-0.1, -0.05) is 25.1 Å². The average Bonchev–Trinajstić information content (AvgIpc) is 2.55. The summed E-state index contributed by atoms with van der Waals surface area (Å²) in [6, 6.07) is 12.6. The van der Waals surface area contributed by atoms with Gasteiger partial charge in [-0.05, 0) is 42.7 Å². The molecule has 0 saturated carbocycles. The van der Waals surface area contributed by atoms with Crippen molar-refractivity contribution in [3.8, 4) is 0 Å². The maximum atomic E-state index is 11.1. The highest BCUT2D eigenvalue weighted by atomic mass is 16.1. The summed E-state index contributed by atoms with van der Waals surface area (Å²) >= 11 is 0. The van der Waals surface area contributed by atoms with Crippen molar-refractivity contribution in [2.45, 2.75) is 46.3 Å². The molecular formula is C19H25N3O. The van der Waals surface area contributed by atoms with Gasteiger partial charge in [0, 0.05) is 44.1 Å². The fourth-order valence-electron chi connectivity index (χ4n) is 2.48. The first-order valence-corrected chi connectivity index (χ1v) is 8.08. The Bertz CT molecular complexity index is 610. The highest BCUT2D eigenvalue weighted by molar-refractivity contribution is 5.88. The Kier molecular flexibility index (Phi) is 6.29. The number of anilines is 1. The molecule has 4 nitrogen and oxygen atoms in total. The molecule has 0 aliphatic rings. The molecular weight excluding hydrogens is 286 g/mol. The summed E-state index contributed by atoms with van der Waals surface area (Å²) in [7, 11) is 0. The summed E-state index contributed by atoms with van der Waals surface area (Å²) < 4.78 is 0. The Balaban J connectivity index is 2.06.